The van der Waals surface area contributed by atoms with Gasteiger partial charge in [-0.3, -0.25) is 0 Å². The average Bonchev–Trinajstić information content (AvgIpc) is 2.12. The molecule has 0 radical (unpaired) electrons. The second-order valence-corrected chi connectivity index (χ2v) is 2.35. The van der Waals surface area contributed by atoms with Crippen LogP contribution in [0, 0.1) is 5.92 Å². The van der Waals surface area contributed by atoms with Crippen molar-refractivity contribution in [2.75, 3.05) is 0 Å². The van der Waals surface area contributed by atoms with Crippen molar-refractivity contribution in [2.45, 2.75) is 25.7 Å². The molecular formula is C7H10F2. The molecule has 1 rings (SSSR count). The van der Waals surface area contributed by atoms with E-state index in [1.807, 2.05) is 0 Å². The largest absolute Gasteiger partial charge is 0.243 e. The molecule has 0 nitrogen and oxygen atoms in total. The van der Waals surface area contributed by atoms with Crippen LogP contribution < -0.4 is 0 Å². The maximum atomic E-state index is 12.5. The van der Waals surface area contributed by atoms with Gasteiger partial charge in [-0.05, 0) is 6.42 Å². The molecular weight excluding hydrogens is 122 g/mol. The molecule has 1 aliphatic carbocycles. The van der Waals surface area contributed by atoms with Gasteiger partial charge in [0.05, 0.1) is 0 Å². The van der Waals surface area contributed by atoms with Crippen LogP contribution in [0.25, 0.3) is 0 Å². The SMILES string of the molecule is CCC1C(F)C=CC1F. The van der Waals surface area contributed by atoms with Crippen LogP contribution in [0.5, 0.6) is 0 Å². The quantitative estimate of drug-likeness (QED) is 0.480. The van der Waals surface area contributed by atoms with Crippen molar-refractivity contribution in [1.29, 1.82) is 0 Å². The van der Waals surface area contributed by atoms with Crippen molar-refractivity contribution in [2.24, 2.45) is 5.92 Å². The zero-order valence-electron chi connectivity index (χ0n) is 5.35. The Kier molecular flexibility index (Phi) is 1.84. The molecule has 2 atom stereocenters. The maximum absolute atomic E-state index is 12.5. The summed E-state index contributed by atoms with van der Waals surface area (Å²) in [5.74, 6) is -0.412. The van der Waals surface area contributed by atoms with Crippen LogP contribution in [0.3, 0.4) is 0 Å². The molecule has 2 unspecified atom stereocenters. The first-order valence-corrected chi connectivity index (χ1v) is 3.22. The van der Waals surface area contributed by atoms with Crippen LogP contribution in [0.1, 0.15) is 13.3 Å². The first-order chi connectivity index (χ1) is 4.25. The highest BCUT2D eigenvalue weighted by Gasteiger charge is 2.29. The molecule has 0 aliphatic heterocycles. The smallest absolute Gasteiger partial charge is 0.124 e. The molecule has 0 aromatic carbocycles. The predicted molar refractivity (Wildman–Crippen MR) is 32.7 cm³/mol. The second kappa shape index (κ2) is 2.46. The number of allylic oxidation sites excluding steroid dienone is 2. The molecule has 0 aromatic heterocycles. The zero-order valence-corrected chi connectivity index (χ0v) is 5.35. The first-order valence-electron chi connectivity index (χ1n) is 3.22. The van der Waals surface area contributed by atoms with E-state index in [0.29, 0.717) is 6.42 Å². The van der Waals surface area contributed by atoms with E-state index in [1.54, 1.807) is 6.92 Å². The van der Waals surface area contributed by atoms with Crippen LogP contribution in [0.15, 0.2) is 12.2 Å². The predicted octanol–water partition coefficient (Wildman–Crippen LogP) is 2.26. The highest BCUT2D eigenvalue weighted by Crippen LogP contribution is 2.27. The van der Waals surface area contributed by atoms with Crippen molar-refractivity contribution in [3.8, 4) is 0 Å². The molecule has 2 heteroatoms. The van der Waals surface area contributed by atoms with Gasteiger partial charge >= 0.3 is 0 Å². The summed E-state index contributed by atoms with van der Waals surface area (Å²) in [6.45, 7) is 1.80. The number of hydrogen-bond acceptors (Lipinski definition) is 0. The fraction of sp³-hybridized carbons (Fsp3) is 0.714. The average molecular weight is 132 g/mol. The van der Waals surface area contributed by atoms with E-state index in [0.717, 1.165) is 0 Å². The molecule has 0 spiro atoms. The summed E-state index contributed by atoms with van der Waals surface area (Å²) < 4.78 is 25.0. The van der Waals surface area contributed by atoms with E-state index in [2.05, 4.69) is 0 Å². The van der Waals surface area contributed by atoms with Crippen molar-refractivity contribution < 1.29 is 8.78 Å². The van der Waals surface area contributed by atoms with Gasteiger partial charge in [0.1, 0.15) is 12.3 Å². The summed E-state index contributed by atoms with van der Waals surface area (Å²) in [7, 11) is 0. The third-order valence-electron chi connectivity index (χ3n) is 1.77. The standard InChI is InChI=1S/C7H10F2/c1-2-5-6(8)3-4-7(5)9/h3-7H,2H2,1H3. The molecule has 0 aromatic rings. The van der Waals surface area contributed by atoms with Gasteiger partial charge in [0.15, 0.2) is 0 Å². The Bertz CT molecular complexity index is 108. The molecule has 0 saturated heterocycles. The molecule has 52 valence electrons. The van der Waals surface area contributed by atoms with Crippen LogP contribution in [0.4, 0.5) is 8.78 Å². The number of alkyl halides is 2. The second-order valence-electron chi connectivity index (χ2n) is 2.35. The minimum Gasteiger partial charge on any atom is -0.243 e. The Hall–Kier alpha value is -0.400. The third-order valence-corrected chi connectivity index (χ3v) is 1.77. The van der Waals surface area contributed by atoms with E-state index in [1.165, 1.54) is 12.2 Å². The molecule has 9 heavy (non-hydrogen) atoms. The summed E-state index contributed by atoms with van der Waals surface area (Å²) in [6.07, 6.45) is 1.09. The van der Waals surface area contributed by atoms with Gasteiger partial charge in [0.2, 0.25) is 0 Å². The summed E-state index contributed by atoms with van der Waals surface area (Å²) in [4.78, 5) is 0. The van der Waals surface area contributed by atoms with Crippen LogP contribution in [0.2, 0.25) is 0 Å². The lowest BCUT2D eigenvalue weighted by Gasteiger charge is -2.11. The van der Waals surface area contributed by atoms with Gasteiger partial charge in [0.25, 0.3) is 0 Å². The Balaban J connectivity index is 2.53. The van der Waals surface area contributed by atoms with Crippen molar-refractivity contribution in [3.63, 3.8) is 0 Å². The third kappa shape index (κ3) is 1.12. The first kappa shape index (κ1) is 6.72. The minimum absolute atomic E-state index is 0.412. The van der Waals surface area contributed by atoms with Crippen molar-refractivity contribution in [1.82, 2.24) is 0 Å². The van der Waals surface area contributed by atoms with Crippen LogP contribution in [-0.2, 0) is 0 Å². The van der Waals surface area contributed by atoms with Gasteiger partial charge in [-0.25, -0.2) is 8.78 Å². The van der Waals surface area contributed by atoms with Gasteiger partial charge in [0, 0.05) is 5.92 Å². The fourth-order valence-electron chi connectivity index (χ4n) is 1.12. The molecule has 0 fully saturated rings. The van der Waals surface area contributed by atoms with Crippen molar-refractivity contribution >= 4 is 0 Å². The topological polar surface area (TPSA) is 0 Å². The number of halogens is 2. The molecule has 1 aliphatic rings. The normalized spacial score (nSPS) is 41.9. The summed E-state index contributed by atoms with van der Waals surface area (Å²) in [5.41, 5.74) is 0. The van der Waals surface area contributed by atoms with E-state index in [9.17, 15) is 8.78 Å². The highest BCUT2D eigenvalue weighted by molar-refractivity contribution is 5.08. The van der Waals surface area contributed by atoms with Crippen LogP contribution >= 0.6 is 0 Å². The zero-order chi connectivity index (χ0) is 6.85. The lowest BCUT2D eigenvalue weighted by atomic mass is 10.0. The molecule has 0 heterocycles. The van der Waals surface area contributed by atoms with Gasteiger partial charge in [-0.2, -0.15) is 0 Å². The Morgan fingerprint density at radius 1 is 1.22 bits per heavy atom. The fourth-order valence-corrected chi connectivity index (χ4v) is 1.12. The van der Waals surface area contributed by atoms with Crippen molar-refractivity contribution in [3.05, 3.63) is 12.2 Å². The highest BCUT2D eigenvalue weighted by atomic mass is 19.1. The number of hydrogen-bond donors (Lipinski definition) is 0. The monoisotopic (exact) mass is 132 g/mol. The Morgan fingerprint density at radius 3 is 1.89 bits per heavy atom. The lowest BCUT2D eigenvalue weighted by molar-refractivity contribution is 0.202. The van der Waals surface area contributed by atoms with Gasteiger partial charge < -0.3 is 0 Å². The molecule has 0 saturated carbocycles. The summed E-state index contributed by atoms with van der Waals surface area (Å²) >= 11 is 0. The van der Waals surface area contributed by atoms with E-state index < -0.39 is 18.3 Å². The minimum atomic E-state index is -1.05. The van der Waals surface area contributed by atoms with E-state index in [-0.39, 0.29) is 0 Å². The van der Waals surface area contributed by atoms with E-state index >= 15 is 0 Å². The van der Waals surface area contributed by atoms with Crippen LogP contribution in [-0.4, -0.2) is 12.3 Å². The molecule has 0 N–H and O–H groups in total. The number of rotatable bonds is 1. The Morgan fingerprint density at radius 2 is 1.67 bits per heavy atom. The lowest BCUT2D eigenvalue weighted by Crippen LogP contribution is -2.16. The molecule has 0 amide bonds. The van der Waals surface area contributed by atoms with E-state index in [4.69, 9.17) is 0 Å². The van der Waals surface area contributed by atoms with Gasteiger partial charge in [-0.1, -0.05) is 19.1 Å². The van der Waals surface area contributed by atoms with Gasteiger partial charge in [-0.15, -0.1) is 0 Å². The summed E-state index contributed by atoms with van der Waals surface area (Å²) in [6, 6.07) is 0. The Labute approximate surface area is 53.6 Å². The maximum Gasteiger partial charge on any atom is 0.124 e. The summed E-state index contributed by atoms with van der Waals surface area (Å²) in [5, 5.41) is 0. The molecule has 0 bridgehead atoms.